The first-order chi connectivity index (χ1) is 29.1. The normalized spacial score (nSPS) is 14.7. The standard InChI is InChI=1S/C36H67N15O11/c1-6-19(4)28(50-33(61)25(16-53)44-20(5)55)34(62)47-23(10-8-12-43-36(39)40)30(58)49-26(17-54)32(60)48-24(13-18(2)3)31(59)46-22(9-7-11-42-35(37)38)29(57)45-21(15-52)14-27(56)51-41/h15,18-19,21-26,28,53-54H,6-14,16-17,41H2,1-5H3,(H,44,55)(H,45,57)(H,46,59)(H,47,62)(H,48,60)(H,49,58)(H,50,61)(H,51,56)(H4,37,38,42)(H4,39,40,43)/t19-,21-,22-,23-,24-,25-,26-,28-/m0/s1. The van der Waals surface area contributed by atoms with Crippen LogP contribution in [0.2, 0.25) is 0 Å². The Morgan fingerprint density at radius 2 is 1.03 bits per heavy atom. The number of carbonyl (C=O) groups is 9. The highest BCUT2D eigenvalue weighted by molar-refractivity contribution is 5.97. The molecule has 8 amide bonds. The van der Waals surface area contributed by atoms with E-state index in [1.165, 1.54) is 0 Å². The lowest BCUT2D eigenvalue weighted by molar-refractivity contribution is -0.136. The van der Waals surface area contributed by atoms with Crippen LogP contribution in [0, 0.1) is 11.8 Å². The Bertz CT molecular complexity index is 1570. The maximum absolute atomic E-state index is 13.7. The van der Waals surface area contributed by atoms with E-state index >= 15 is 0 Å². The molecule has 0 aromatic heterocycles. The second-order valence-electron chi connectivity index (χ2n) is 14.8. The molecule has 0 heterocycles. The summed E-state index contributed by atoms with van der Waals surface area (Å²) in [5, 5.41) is 37.0. The smallest absolute Gasteiger partial charge is 0.245 e. The van der Waals surface area contributed by atoms with Crippen molar-refractivity contribution >= 4 is 65.5 Å². The Kier molecular flexibility index (Phi) is 27.0. The van der Waals surface area contributed by atoms with E-state index < -0.39 is 115 Å². The molecular weight excluding hydrogens is 818 g/mol. The number of rotatable bonds is 30. The van der Waals surface area contributed by atoms with Gasteiger partial charge in [-0.1, -0.05) is 34.1 Å². The summed E-state index contributed by atoms with van der Waals surface area (Å²) < 4.78 is 0. The topological polar surface area (TPSA) is 445 Å². The summed E-state index contributed by atoms with van der Waals surface area (Å²) in [6.07, 6.45) is 0.321. The number of hydrogen-bond donors (Lipinski definition) is 15. The van der Waals surface area contributed by atoms with Gasteiger partial charge in [0, 0.05) is 20.0 Å². The van der Waals surface area contributed by atoms with Crippen molar-refractivity contribution in [3.63, 3.8) is 0 Å². The van der Waals surface area contributed by atoms with Crippen molar-refractivity contribution in [2.24, 2.45) is 50.6 Å². The molecule has 0 spiro atoms. The van der Waals surface area contributed by atoms with E-state index in [9.17, 15) is 53.4 Å². The lowest BCUT2D eigenvalue weighted by atomic mass is 9.97. The Balaban J connectivity index is 6.43. The van der Waals surface area contributed by atoms with E-state index in [-0.39, 0.29) is 63.0 Å². The molecule has 0 radical (unpaired) electrons. The van der Waals surface area contributed by atoms with Crippen molar-refractivity contribution in [1.29, 1.82) is 0 Å². The van der Waals surface area contributed by atoms with Crippen LogP contribution in [0.15, 0.2) is 9.98 Å². The maximum atomic E-state index is 13.7. The number of aliphatic imine (C=N–C) groups is 2. The fourth-order valence-electron chi connectivity index (χ4n) is 5.59. The predicted octanol–water partition coefficient (Wildman–Crippen LogP) is -6.84. The minimum absolute atomic E-state index is 0.00487. The Morgan fingerprint density at radius 1 is 0.613 bits per heavy atom. The van der Waals surface area contributed by atoms with Gasteiger partial charge < -0.3 is 75.2 Å². The number of carbonyl (C=O) groups excluding carboxylic acids is 9. The summed E-state index contributed by atoms with van der Waals surface area (Å²) in [5.41, 5.74) is 23.4. The number of aldehydes is 1. The van der Waals surface area contributed by atoms with Crippen LogP contribution in [0.3, 0.4) is 0 Å². The Morgan fingerprint density at radius 3 is 1.47 bits per heavy atom. The lowest BCUT2D eigenvalue weighted by Gasteiger charge is -2.29. The fraction of sp³-hybridized carbons (Fsp3) is 0.694. The maximum Gasteiger partial charge on any atom is 0.245 e. The van der Waals surface area contributed by atoms with E-state index in [1.807, 2.05) is 5.43 Å². The van der Waals surface area contributed by atoms with Crippen LogP contribution in [-0.4, -0.2) is 144 Å². The van der Waals surface area contributed by atoms with Gasteiger partial charge in [0.25, 0.3) is 0 Å². The molecule has 0 aromatic carbocycles. The average molecular weight is 886 g/mol. The van der Waals surface area contributed by atoms with Crippen molar-refractivity contribution in [2.75, 3.05) is 26.3 Å². The van der Waals surface area contributed by atoms with Crippen LogP contribution in [0.25, 0.3) is 0 Å². The highest BCUT2D eigenvalue weighted by atomic mass is 16.3. The van der Waals surface area contributed by atoms with E-state index in [0.717, 1.165) is 6.92 Å². The largest absolute Gasteiger partial charge is 0.394 e. The summed E-state index contributed by atoms with van der Waals surface area (Å²) in [6.45, 7) is 6.35. The number of aliphatic hydroxyl groups is 2. The van der Waals surface area contributed by atoms with Gasteiger partial charge in [-0.3, -0.25) is 53.8 Å². The summed E-state index contributed by atoms with van der Waals surface area (Å²) in [7, 11) is 0. The monoisotopic (exact) mass is 886 g/mol. The fourth-order valence-corrected chi connectivity index (χ4v) is 5.59. The first-order valence-electron chi connectivity index (χ1n) is 20.0. The number of hydrazine groups is 1. The summed E-state index contributed by atoms with van der Waals surface area (Å²) in [6, 6.07) is -9.70. The van der Waals surface area contributed by atoms with Gasteiger partial charge in [0.15, 0.2) is 11.9 Å². The zero-order valence-electron chi connectivity index (χ0n) is 35.9. The number of nitrogens with zero attached hydrogens (tertiary/aromatic N) is 2. The van der Waals surface area contributed by atoms with Gasteiger partial charge in [0.1, 0.15) is 42.5 Å². The molecule has 26 nitrogen and oxygen atoms in total. The molecule has 0 aromatic rings. The van der Waals surface area contributed by atoms with Gasteiger partial charge >= 0.3 is 0 Å². The number of guanidine groups is 2. The van der Waals surface area contributed by atoms with Gasteiger partial charge in [0.2, 0.25) is 47.3 Å². The number of hydrogen-bond acceptors (Lipinski definition) is 14. The highest BCUT2D eigenvalue weighted by Crippen LogP contribution is 2.11. The molecule has 8 atom stereocenters. The molecule has 0 bridgehead atoms. The molecular formula is C36H67N15O11. The summed E-state index contributed by atoms with van der Waals surface area (Å²) in [5.74, 6) is -2.85. The number of amides is 8. The zero-order chi connectivity index (χ0) is 47.5. The first-order valence-corrected chi connectivity index (χ1v) is 20.0. The van der Waals surface area contributed by atoms with Crippen LogP contribution in [0.1, 0.15) is 79.6 Å². The van der Waals surface area contributed by atoms with Crippen molar-refractivity contribution < 1.29 is 53.4 Å². The molecule has 0 aliphatic rings. The van der Waals surface area contributed by atoms with Crippen LogP contribution < -0.4 is 71.4 Å². The van der Waals surface area contributed by atoms with E-state index in [1.54, 1.807) is 27.7 Å². The van der Waals surface area contributed by atoms with Crippen molar-refractivity contribution in [3.8, 4) is 0 Å². The number of nitrogens with one attached hydrogen (secondary N) is 8. The van der Waals surface area contributed by atoms with Crippen LogP contribution in [0.5, 0.6) is 0 Å². The zero-order valence-corrected chi connectivity index (χ0v) is 35.9. The van der Waals surface area contributed by atoms with Crippen LogP contribution in [-0.2, 0) is 43.2 Å². The quantitative estimate of drug-likeness (QED) is 0.00606. The summed E-state index contributed by atoms with van der Waals surface area (Å²) >= 11 is 0. The SMILES string of the molecule is CC[C@H](C)[C@H](NC(=O)[C@H](CO)NC(C)=O)C(=O)N[C@@H](CCCN=C(N)N)C(=O)N[C@@H](CO)C(=O)N[C@@H](CC(C)C)C(=O)N[C@@H](CCCN=C(N)N)C(=O)N[C@H](C=O)CC(=O)NN. The molecule has 0 aliphatic heterocycles. The molecule has 0 saturated carbocycles. The molecule has 352 valence electrons. The summed E-state index contributed by atoms with van der Waals surface area (Å²) in [4.78, 5) is 124. The average Bonchev–Trinajstić information content (AvgIpc) is 3.21. The molecule has 0 saturated heterocycles. The van der Waals surface area contributed by atoms with Gasteiger partial charge in [-0.05, 0) is 43.9 Å². The second-order valence-corrected chi connectivity index (χ2v) is 14.8. The van der Waals surface area contributed by atoms with Crippen LogP contribution >= 0.6 is 0 Å². The lowest BCUT2D eigenvalue weighted by Crippen LogP contribution is -2.61. The third-order valence-electron chi connectivity index (χ3n) is 9.04. The van der Waals surface area contributed by atoms with E-state index in [0.29, 0.717) is 12.7 Å². The van der Waals surface area contributed by atoms with Crippen molar-refractivity contribution in [2.45, 2.75) is 122 Å². The van der Waals surface area contributed by atoms with Crippen LogP contribution in [0.4, 0.5) is 0 Å². The van der Waals surface area contributed by atoms with Crippen molar-refractivity contribution in [1.82, 2.24) is 42.6 Å². The molecule has 0 fully saturated rings. The first kappa shape index (κ1) is 55.8. The molecule has 0 rings (SSSR count). The predicted molar refractivity (Wildman–Crippen MR) is 225 cm³/mol. The van der Waals surface area contributed by atoms with Crippen molar-refractivity contribution in [3.05, 3.63) is 0 Å². The Labute approximate surface area is 359 Å². The Hall–Kier alpha value is -6.15. The van der Waals surface area contributed by atoms with E-state index in [4.69, 9.17) is 28.8 Å². The molecule has 0 aliphatic carbocycles. The number of nitrogens with two attached hydrogens (primary N) is 5. The molecule has 20 N–H and O–H groups in total. The highest BCUT2D eigenvalue weighted by Gasteiger charge is 2.35. The molecule has 0 unspecified atom stereocenters. The second kappa shape index (κ2) is 30.0. The third kappa shape index (κ3) is 22.5. The number of aliphatic hydroxyl groups excluding tert-OH is 2. The van der Waals surface area contributed by atoms with Gasteiger partial charge in [-0.2, -0.15) is 0 Å². The van der Waals surface area contributed by atoms with Gasteiger partial charge in [-0.25, -0.2) is 5.84 Å². The van der Waals surface area contributed by atoms with Gasteiger partial charge in [0.05, 0.1) is 25.7 Å². The molecule has 62 heavy (non-hydrogen) atoms. The van der Waals surface area contributed by atoms with Gasteiger partial charge in [-0.15, -0.1) is 0 Å². The minimum Gasteiger partial charge on any atom is -0.394 e. The van der Waals surface area contributed by atoms with E-state index in [2.05, 4.69) is 47.2 Å². The third-order valence-corrected chi connectivity index (χ3v) is 9.04. The minimum atomic E-state index is -1.68. The molecule has 26 heteroatoms.